The Kier molecular flexibility index (Phi) is 5.25. The fourth-order valence-electron chi connectivity index (χ4n) is 3.66. The van der Waals surface area contributed by atoms with Crippen LogP contribution in [-0.4, -0.2) is 26.4 Å². The summed E-state index contributed by atoms with van der Waals surface area (Å²) in [4.78, 5) is 15.8. The summed E-state index contributed by atoms with van der Waals surface area (Å²) < 4.78 is 6.05. The Balaban J connectivity index is 1.30. The van der Waals surface area contributed by atoms with Crippen LogP contribution in [0, 0.1) is 0 Å². The molecule has 5 nitrogen and oxygen atoms in total. The molecule has 0 bridgehead atoms. The first kappa shape index (κ1) is 19.2. The Bertz CT molecular complexity index is 1190. The molecule has 0 N–H and O–H groups in total. The lowest BCUT2D eigenvalue weighted by Gasteiger charge is -2.27. The van der Waals surface area contributed by atoms with Crippen molar-refractivity contribution in [2.45, 2.75) is 19.5 Å². The summed E-state index contributed by atoms with van der Waals surface area (Å²) in [6.07, 6.45) is 6.35. The van der Waals surface area contributed by atoms with Gasteiger partial charge in [0.2, 0.25) is 0 Å². The summed E-state index contributed by atoms with van der Waals surface area (Å²) in [6, 6.07) is 13.2. The number of halogens is 2. The van der Waals surface area contributed by atoms with Gasteiger partial charge in [-0.25, -0.2) is 9.97 Å². The molecule has 0 amide bonds. The maximum absolute atomic E-state index is 6.31. The minimum absolute atomic E-state index is 0.580. The summed E-state index contributed by atoms with van der Waals surface area (Å²) >= 11 is 12.3. The van der Waals surface area contributed by atoms with E-state index in [0.717, 1.165) is 65.8 Å². The number of rotatable bonds is 4. The molecule has 5 rings (SSSR count). The first-order chi connectivity index (χ1) is 14.7. The molecule has 150 valence electrons. The Hall–Kier alpha value is -2.73. The molecule has 30 heavy (non-hydrogen) atoms. The Morgan fingerprint density at radius 2 is 2.00 bits per heavy atom. The zero-order chi connectivity index (χ0) is 20.5. The normalized spacial score (nSPS) is 13.9. The summed E-state index contributed by atoms with van der Waals surface area (Å²) in [5.74, 6) is 2.37. The van der Waals surface area contributed by atoms with Gasteiger partial charge in [-0.1, -0.05) is 23.2 Å². The fourth-order valence-corrected chi connectivity index (χ4v) is 4.16. The topological polar surface area (TPSA) is 55.1 Å². The molecule has 4 heterocycles. The van der Waals surface area contributed by atoms with Crippen molar-refractivity contribution in [3.05, 3.63) is 88.1 Å². The van der Waals surface area contributed by atoms with E-state index in [0.29, 0.717) is 10.0 Å². The molecule has 1 aliphatic heterocycles. The van der Waals surface area contributed by atoms with Gasteiger partial charge in [0.05, 0.1) is 17.3 Å². The van der Waals surface area contributed by atoms with Crippen LogP contribution in [0.25, 0.3) is 22.7 Å². The number of hydrogen-bond acceptors (Lipinski definition) is 5. The average Bonchev–Trinajstić information content (AvgIpc) is 3.22. The van der Waals surface area contributed by atoms with Gasteiger partial charge < -0.3 is 4.42 Å². The number of benzene rings is 1. The summed E-state index contributed by atoms with van der Waals surface area (Å²) in [5.41, 5.74) is 4.04. The van der Waals surface area contributed by atoms with E-state index in [-0.39, 0.29) is 0 Å². The van der Waals surface area contributed by atoms with Gasteiger partial charge in [-0.3, -0.25) is 9.88 Å². The van der Waals surface area contributed by atoms with Gasteiger partial charge in [0.25, 0.3) is 0 Å². The molecule has 4 aromatic rings. The molecule has 0 aliphatic carbocycles. The molecule has 7 heteroatoms. The number of nitrogens with zero attached hydrogens (tertiary/aromatic N) is 4. The minimum atomic E-state index is 0.580. The summed E-state index contributed by atoms with van der Waals surface area (Å²) in [6.45, 7) is 2.42. The number of furan rings is 1. The van der Waals surface area contributed by atoms with Crippen molar-refractivity contribution in [1.82, 2.24) is 19.9 Å². The predicted octanol–water partition coefficient (Wildman–Crippen LogP) is 5.66. The number of pyridine rings is 1. The van der Waals surface area contributed by atoms with Crippen LogP contribution in [0.3, 0.4) is 0 Å². The SMILES string of the molecule is Clc1ccc(-c2ccc(CN3CCc4nc(-c5cccnc5)ncc4C3)o2)c(Cl)c1. The molecule has 0 saturated carbocycles. The van der Waals surface area contributed by atoms with Crippen LogP contribution in [0.1, 0.15) is 17.0 Å². The molecule has 1 aromatic carbocycles. The quantitative estimate of drug-likeness (QED) is 0.412. The number of hydrogen-bond donors (Lipinski definition) is 0. The van der Waals surface area contributed by atoms with E-state index in [4.69, 9.17) is 32.6 Å². The highest BCUT2D eigenvalue weighted by Crippen LogP contribution is 2.32. The Labute approximate surface area is 184 Å². The van der Waals surface area contributed by atoms with Crippen molar-refractivity contribution < 1.29 is 4.42 Å². The van der Waals surface area contributed by atoms with Gasteiger partial charge >= 0.3 is 0 Å². The van der Waals surface area contributed by atoms with Gasteiger partial charge in [0.15, 0.2) is 5.82 Å². The molecular weight excluding hydrogens is 419 g/mol. The summed E-state index contributed by atoms with van der Waals surface area (Å²) in [7, 11) is 0. The van der Waals surface area contributed by atoms with Crippen molar-refractivity contribution in [3.63, 3.8) is 0 Å². The number of fused-ring (bicyclic) bond motifs is 1. The first-order valence-electron chi connectivity index (χ1n) is 9.67. The zero-order valence-electron chi connectivity index (χ0n) is 16.1. The van der Waals surface area contributed by atoms with Crippen LogP contribution >= 0.6 is 23.2 Å². The minimum Gasteiger partial charge on any atom is -0.460 e. The Morgan fingerprint density at radius 1 is 1.07 bits per heavy atom. The van der Waals surface area contributed by atoms with Gasteiger partial charge in [-0.05, 0) is 42.5 Å². The third-order valence-electron chi connectivity index (χ3n) is 5.17. The average molecular weight is 437 g/mol. The van der Waals surface area contributed by atoms with Crippen LogP contribution in [0.2, 0.25) is 10.0 Å². The zero-order valence-corrected chi connectivity index (χ0v) is 17.6. The second-order valence-corrected chi connectivity index (χ2v) is 8.10. The maximum atomic E-state index is 6.31. The Morgan fingerprint density at radius 3 is 2.83 bits per heavy atom. The maximum Gasteiger partial charge on any atom is 0.160 e. The van der Waals surface area contributed by atoms with E-state index in [1.165, 1.54) is 0 Å². The summed E-state index contributed by atoms with van der Waals surface area (Å²) in [5, 5.41) is 1.19. The van der Waals surface area contributed by atoms with Crippen LogP contribution in [0.15, 0.2) is 65.5 Å². The lowest BCUT2D eigenvalue weighted by Crippen LogP contribution is -2.30. The lowest BCUT2D eigenvalue weighted by molar-refractivity contribution is 0.224. The van der Waals surface area contributed by atoms with Gasteiger partial charge in [-0.2, -0.15) is 0 Å². The highest BCUT2D eigenvalue weighted by atomic mass is 35.5. The van der Waals surface area contributed by atoms with Crippen molar-refractivity contribution in [1.29, 1.82) is 0 Å². The predicted molar refractivity (Wildman–Crippen MR) is 117 cm³/mol. The van der Waals surface area contributed by atoms with Gasteiger partial charge in [0.1, 0.15) is 11.5 Å². The monoisotopic (exact) mass is 436 g/mol. The van der Waals surface area contributed by atoms with E-state index >= 15 is 0 Å². The van der Waals surface area contributed by atoms with E-state index in [1.807, 2.05) is 42.6 Å². The molecule has 1 aliphatic rings. The van der Waals surface area contributed by atoms with Crippen LogP contribution in [0.5, 0.6) is 0 Å². The molecule has 0 spiro atoms. The second kappa shape index (κ2) is 8.19. The smallest absolute Gasteiger partial charge is 0.160 e. The molecule has 3 aromatic heterocycles. The second-order valence-electron chi connectivity index (χ2n) is 7.26. The van der Waals surface area contributed by atoms with Crippen LogP contribution in [-0.2, 0) is 19.5 Å². The molecular formula is C23H18Cl2N4O. The van der Waals surface area contributed by atoms with Crippen molar-refractivity contribution in [3.8, 4) is 22.7 Å². The van der Waals surface area contributed by atoms with E-state index in [2.05, 4.69) is 14.9 Å². The molecule has 0 saturated heterocycles. The molecule has 0 fully saturated rings. The lowest BCUT2D eigenvalue weighted by atomic mass is 10.1. The highest BCUT2D eigenvalue weighted by Gasteiger charge is 2.20. The molecule has 0 atom stereocenters. The van der Waals surface area contributed by atoms with E-state index in [9.17, 15) is 0 Å². The first-order valence-corrected chi connectivity index (χ1v) is 10.4. The van der Waals surface area contributed by atoms with Crippen molar-refractivity contribution >= 4 is 23.2 Å². The van der Waals surface area contributed by atoms with Gasteiger partial charge in [-0.15, -0.1) is 0 Å². The third kappa shape index (κ3) is 3.97. The molecule has 0 unspecified atom stereocenters. The van der Waals surface area contributed by atoms with Crippen molar-refractivity contribution in [2.24, 2.45) is 0 Å². The van der Waals surface area contributed by atoms with E-state index < -0.39 is 0 Å². The standard InChI is InChI=1S/C23H18Cl2N4O/c24-17-3-5-19(20(25)10-17)22-6-4-18(30-22)14-29-9-7-21-16(13-29)12-27-23(28-21)15-2-1-8-26-11-15/h1-6,8,10-12H,7,9,13-14H2. The van der Waals surface area contributed by atoms with Crippen LogP contribution in [0.4, 0.5) is 0 Å². The largest absolute Gasteiger partial charge is 0.460 e. The van der Waals surface area contributed by atoms with Crippen molar-refractivity contribution in [2.75, 3.05) is 6.54 Å². The van der Waals surface area contributed by atoms with E-state index in [1.54, 1.807) is 18.5 Å². The third-order valence-corrected chi connectivity index (χ3v) is 5.72. The van der Waals surface area contributed by atoms with Gasteiger partial charge in [0, 0.05) is 59.8 Å². The van der Waals surface area contributed by atoms with Crippen LogP contribution < -0.4 is 0 Å². The highest BCUT2D eigenvalue weighted by molar-refractivity contribution is 6.36. The molecule has 0 radical (unpaired) electrons. The number of aromatic nitrogens is 3. The fraction of sp³-hybridized carbons (Fsp3) is 0.174.